The first-order chi connectivity index (χ1) is 13.0. The van der Waals surface area contributed by atoms with E-state index in [2.05, 4.69) is 0 Å². The van der Waals surface area contributed by atoms with Gasteiger partial charge in [-0.2, -0.15) is 0 Å². The van der Waals surface area contributed by atoms with E-state index < -0.39 is 0 Å². The molecule has 0 fully saturated rings. The van der Waals surface area contributed by atoms with E-state index in [9.17, 15) is 15.0 Å². The van der Waals surface area contributed by atoms with Crippen LogP contribution in [0.25, 0.3) is 11.1 Å². The number of aromatic hydroxyl groups is 2. The van der Waals surface area contributed by atoms with Crippen LogP contribution in [-0.4, -0.2) is 22.7 Å². The molecule has 0 spiro atoms. The van der Waals surface area contributed by atoms with Crippen LogP contribution in [0.1, 0.15) is 15.9 Å². The average Bonchev–Trinajstić information content (AvgIpc) is 2.76. The molecule has 0 aliphatic carbocycles. The van der Waals surface area contributed by atoms with Crippen LogP contribution in [0.15, 0.2) is 54.6 Å². The molecule has 1 aliphatic heterocycles. The molecular formula is C21H17NO5. The Morgan fingerprint density at radius 2 is 1.81 bits per heavy atom. The minimum atomic E-state index is -0.297. The summed E-state index contributed by atoms with van der Waals surface area (Å²) in [6.07, 6.45) is 0.0769. The van der Waals surface area contributed by atoms with Gasteiger partial charge in [0.05, 0.1) is 0 Å². The average molecular weight is 363 g/mol. The standard InChI is InChI=1S/C21H17NO5/c22-11-26-16-3-1-2-12(7-16)13-4-5-19-14(6-13)8-17(24)21-18(25)9-15(23)10-20(21)27-19/h1-7,9-10,23,25H,8,11,22H2. The third-order valence-electron chi connectivity index (χ3n) is 4.39. The third-order valence-corrected chi connectivity index (χ3v) is 4.39. The first-order valence-corrected chi connectivity index (χ1v) is 8.38. The number of carbonyl (C=O) groups excluding carboxylic acids is 1. The fraction of sp³-hybridized carbons (Fsp3) is 0.0952. The third kappa shape index (κ3) is 3.18. The number of phenols is 2. The largest absolute Gasteiger partial charge is 0.508 e. The monoisotopic (exact) mass is 363 g/mol. The predicted octanol–water partition coefficient (Wildman–Crippen LogP) is 3.59. The summed E-state index contributed by atoms with van der Waals surface area (Å²) in [6.45, 7) is 0.0879. The lowest BCUT2D eigenvalue weighted by molar-refractivity contribution is 0.0991. The number of rotatable bonds is 3. The second-order valence-corrected chi connectivity index (χ2v) is 6.20. The van der Waals surface area contributed by atoms with Crippen LogP contribution < -0.4 is 15.2 Å². The molecule has 136 valence electrons. The van der Waals surface area contributed by atoms with Gasteiger partial charge in [0.2, 0.25) is 0 Å². The maximum Gasteiger partial charge on any atom is 0.174 e. The highest BCUT2D eigenvalue weighted by molar-refractivity contribution is 6.03. The minimum absolute atomic E-state index is 0.0730. The summed E-state index contributed by atoms with van der Waals surface area (Å²) in [6, 6.07) is 15.5. The van der Waals surface area contributed by atoms with Gasteiger partial charge in [-0.3, -0.25) is 10.5 Å². The predicted molar refractivity (Wildman–Crippen MR) is 99.4 cm³/mol. The molecule has 0 amide bonds. The van der Waals surface area contributed by atoms with Gasteiger partial charge >= 0.3 is 0 Å². The molecule has 0 atom stereocenters. The first-order valence-electron chi connectivity index (χ1n) is 8.38. The van der Waals surface area contributed by atoms with Crippen LogP contribution in [0.2, 0.25) is 0 Å². The number of fused-ring (bicyclic) bond motifs is 2. The molecule has 0 unspecified atom stereocenters. The quantitative estimate of drug-likeness (QED) is 0.615. The Morgan fingerprint density at radius 3 is 2.63 bits per heavy atom. The van der Waals surface area contributed by atoms with Crippen molar-refractivity contribution >= 4 is 5.78 Å². The van der Waals surface area contributed by atoms with Crippen molar-refractivity contribution in [2.45, 2.75) is 6.42 Å². The minimum Gasteiger partial charge on any atom is -0.508 e. The summed E-state index contributed by atoms with van der Waals surface area (Å²) in [5.41, 5.74) is 8.00. The van der Waals surface area contributed by atoms with Crippen molar-refractivity contribution in [1.82, 2.24) is 0 Å². The summed E-state index contributed by atoms with van der Waals surface area (Å²) >= 11 is 0. The van der Waals surface area contributed by atoms with Crippen LogP contribution in [0.4, 0.5) is 0 Å². The molecule has 1 heterocycles. The lowest BCUT2D eigenvalue weighted by atomic mass is 9.98. The maximum atomic E-state index is 12.6. The first kappa shape index (κ1) is 16.9. The Labute approximate surface area is 155 Å². The van der Waals surface area contributed by atoms with Gasteiger partial charge in [0.25, 0.3) is 0 Å². The lowest BCUT2D eigenvalue weighted by Crippen LogP contribution is -2.07. The SMILES string of the molecule is NCOc1cccc(-c2ccc3c(c2)CC(=O)c2c(O)cc(O)cc2O3)c1. The summed E-state index contributed by atoms with van der Waals surface area (Å²) in [5.74, 6) is 0.557. The van der Waals surface area contributed by atoms with E-state index in [1.54, 1.807) is 6.07 Å². The Bertz CT molecular complexity index is 1040. The number of hydrogen-bond acceptors (Lipinski definition) is 6. The molecular weight excluding hydrogens is 346 g/mol. The molecule has 3 aromatic rings. The highest BCUT2D eigenvalue weighted by Crippen LogP contribution is 2.41. The molecule has 3 aromatic carbocycles. The topological polar surface area (TPSA) is 102 Å². The van der Waals surface area contributed by atoms with E-state index >= 15 is 0 Å². The Kier molecular flexibility index (Phi) is 4.18. The van der Waals surface area contributed by atoms with Crippen LogP contribution in [0.3, 0.4) is 0 Å². The molecule has 27 heavy (non-hydrogen) atoms. The van der Waals surface area contributed by atoms with Crippen molar-refractivity contribution < 1.29 is 24.5 Å². The Hall–Kier alpha value is -3.51. The Morgan fingerprint density at radius 1 is 1.00 bits per heavy atom. The fourth-order valence-corrected chi connectivity index (χ4v) is 3.19. The van der Waals surface area contributed by atoms with Crippen molar-refractivity contribution in [3.63, 3.8) is 0 Å². The molecule has 0 saturated heterocycles. The molecule has 4 N–H and O–H groups in total. The van der Waals surface area contributed by atoms with E-state index in [-0.39, 0.29) is 41.7 Å². The summed E-state index contributed by atoms with van der Waals surface area (Å²) in [4.78, 5) is 12.6. The zero-order valence-corrected chi connectivity index (χ0v) is 14.3. The van der Waals surface area contributed by atoms with Gasteiger partial charge in [0, 0.05) is 24.1 Å². The summed E-state index contributed by atoms with van der Waals surface area (Å²) < 4.78 is 11.1. The fourth-order valence-electron chi connectivity index (χ4n) is 3.19. The van der Waals surface area contributed by atoms with Gasteiger partial charge < -0.3 is 19.7 Å². The van der Waals surface area contributed by atoms with Crippen molar-refractivity contribution in [1.29, 1.82) is 0 Å². The smallest absolute Gasteiger partial charge is 0.174 e. The van der Waals surface area contributed by atoms with Gasteiger partial charge in [-0.25, -0.2) is 0 Å². The molecule has 0 saturated carbocycles. The van der Waals surface area contributed by atoms with Gasteiger partial charge in [-0.05, 0) is 35.4 Å². The van der Waals surface area contributed by atoms with Crippen LogP contribution in [-0.2, 0) is 6.42 Å². The van der Waals surface area contributed by atoms with Gasteiger partial charge in [-0.15, -0.1) is 0 Å². The zero-order valence-electron chi connectivity index (χ0n) is 14.3. The number of Topliss-reactive ketones (excluding diaryl/α,β-unsaturated/α-hetero) is 1. The van der Waals surface area contributed by atoms with E-state index in [0.29, 0.717) is 17.1 Å². The van der Waals surface area contributed by atoms with E-state index in [4.69, 9.17) is 15.2 Å². The Balaban J connectivity index is 1.75. The molecule has 0 radical (unpaired) electrons. The van der Waals surface area contributed by atoms with Crippen molar-refractivity contribution in [2.75, 3.05) is 6.73 Å². The number of ether oxygens (including phenoxy) is 2. The van der Waals surface area contributed by atoms with Gasteiger partial charge in [0.15, 0.2) is 5.78 Å². The molecule has 6 nitrogen and oxygen atoms in total. The number of ketones is 1. The normalized spacial score (nSPS) is 12.6. The van der Waals surface area contributed by atoms with Crippen LogP contribution in [0.5, 0.6) is 28.7 Å². The number of hydrogen-bond donors (Lipinski definition) is 3. The zero-order chi connectivity index (χ0) is 19.0. The molecule has 1 aliphatic rings. The van der Waals surface area contributed by atoms with E-state index in [1.165, 1.54) is 6.07 Å². The highest BCUT2D eigenvalue weighted by atomic mass is 16.5. The lowest BCUT2D eigenvalue weighted by Gasteiger charge is -2.11. The molecule has 0 aromatic heterocycles. The maximum absolute atomic E-state index is 12.6. The molecule has 0 bridgehead atoms. The number of benzene rings is 3. The van der Waals surface area contributed by atoms with Crippen molar-refractivity contribution in [2.24, 2.45) is 5.73 Å². The van der Waals surface area contributed by atoms with Crippen molar-refractivity contribution in [3.8, 4) is 39.9 Å². The number of nitrogens with two attached hydrogens (primary N) is 1. The second kappa shape index (κ2) is 6.66. The van der Waals surface area contributed by atoms with Crippen LogP contribution >= 0.6 is 0 Å². The number of carbonyl (C=O) groups is 1. The van der Waals surface area contributed by atoms with Crippen LogP contribution in [0, 0.1) is 0 Å². The number of phenolic OH excluding ortho intramolecular Hbond substituents is 2. The van der Waals surface area contributed by atoms with Gasteiger partial charge in [0.1, 0.15) is 41.0 Å². The van der Waals surface area contributed by atoms with E-state index in [1.807, 2.05) is 36.4 Å². The second-order valence-electron chi connectivity index (χ2n) is 6.20. The van der Waals surface area contributed by atoms with E-state index in [0.717, 1.165) is 17.2 Å². The summed E-state index contributed by atoms with van der Waals surface area (Å²) in [7, 11) is 0. The van der Waals surface area contributed by atoms with Gasteiger partial charge in [-0.1, -0.05) is 18.2 Å². The summed E-state index contributed by atoms with van der Waals surface area (Å²) in [5, 5.41) is 19.7. The van der Waals surface area contributed by atoms with Crippen molar-refractivity contribution in [3.05, 3.63) is 65.7 Å². The molecule has 6 heteroatoms. The highest BCUT2D eigenvalue weighted by Gasteiger charge is 2.25. The molecule has 4 rings (SSSR count).